The summed E-state index contributed by atoms with van der Waals surface area (Å²) in [5.41, 5.74) is 1.32. The predicted octanol–water partition coefficient (Wildman–Crippen LogP) is 3.55. The molecule has 16 heavy (non-hydrogen) atoms. The molecule has 1 N–H and O–H groups in total. The lowest BCUT2D eigenvalue weighted by Crippen LogP contribution is -2.22. The molecule has 0 fully saturated rings. The molecule has 1 heterocycles. The van der Waals surface area contributed by atoms with E-state index in [9.17, 15) is 0 Å². The Morgan fingerprint density at radius 3 is 2.69 bits per heavy atom. The second-order valence-electron chi connectivity index (χ2n) is 5.01. The van der Waals surface area contributed by atoms with E-state index in [0.29, 0.717) is 0 Å². The van der Waals surface area contributed by atoms with E-state index in [1.165, 1.54) is 5.69 Å². The third-order valence-electron chi connectivity index (χ3n) is 2.41. The first kappa shape index (κ1) is 13.9. The zero-order chi connectivity index (χ0) is 12.2. The molecule has 92 valence electrons. The van der Waals surface area contributed by atoms with Crippen LogP contribution < -0.4 is 5.32 Å². The van der Waals surface area contributed by atoms with Gasteiger partial charge in [-0.25, -0.2) is 4.98 Å². The van der Waals surface area contributed by atoms with E-state index in [0.717, 1.165) is 24.5 Å². The Morgan fingerprint density at radius 1 is 1.50 bits per heavy atom. The molecule has 0 bridgehead atoms. The van der Waals surface area contributed by atoms with Crippen LogP contribution in [0.3, 0.4) is 0 Å². The minimum Gasteiger partial charge on any atom is -0.309 e. The molecule has 0 saturated heterocycles. The first-order valence-corrected chi connectivity index (χ1v) is 7.04. The third kappa shape index (κ3) is 4.40. The predicted molar refractivity (Wildman–Crippen MR) is 72.5 cm³/mol. The Morgan fingerprint density at radius 2 is 2.19 bits per heavy atom. The average Bonchev–Trinajstić information content (AvgIpc) is 2.65. The topological polar surface area (TPSA) is 24.9 Å². The van der Waals surface area contributed by atoms with Gasteiger partial charge in [-0.05, 0) is 6.42 Å². The van der Waals surface area contributed by atoms with Crippen LogP contribution in [0.5, 0.6) is 0 Å². The molecule has 1 aromatic heterocycles. The number of hydrogen-bond donors (Lipinski definition) is 1. The van der Waals surface area contributed by atoms with Gasteiger partial charge in [0.2, 0.25) is 0 Å². The van der Waals surface area contributed by atoms with Crippen molar-refractivity contribution in [1.29, 1.82) is 0 Å². The second kappa shape index (κ2) is 5.99. The van der Waals surface area contributed by atoms with Gasteiger partial charge >= 0.3 is 0 Å². The molecule has 0 aliphatic carbocycles. The summed E-state index contributed by atoms with van der Waals surface area (Å²) >= 11 is 7.75. The highest BCUT2D eigenvalue weighted by Gasteiger charge is 2.17. The molecule has 1 aromatic rings. The molecule has 1 unspecified atom stereocenters. The van der Waals surface area contributed by atoms with Gasteiger partial charge in [0.05, 0.1) is 5.69 Å². The summed E-state index contributed by atoms with van der Waals surface area (Å²) in [5.74, 6) is 0. The van der Waals surface area contributed by atoms with Crippen LogP contribution in [0.4, 0.5) is 0 Å². The molecule has 0 aromatic carbocycles. The van der Waals surface area contributed by atoms with Crippen molar-refractivity contribution in [3.63, 3.8) is 0 Å². The first-order valence-electron chi connectivity index (χ1n) is 5.73. The molecule has 4 heteroatoms. The van der Waals surface area contributed by atoms with Gasteiger partial charge in [-0.1, -0.05) is 27.7 Å². The van der Waals surface area contributed by atoms with Crippen molar-refractivity contribution in [1.82, 2.24) is 10.3 Å². The molecule has 0 aliphatic heterocycles. The molecule has 0 aliphatic rings. The monoisotopic (exact) mass is 260 g/mol. The molecule has 1 rings (SSSR count). The van der Waals surface area contributed by atoms with Crippen molar-refractivity contribution in [2.75, 3.05) is 6.54 Å². The standard InChI is InChI=1S/C12H21ClN2S/c1-5-9(13)6-14-7-11-15-10(8-16-11)12(2,3)4/h8-9,14H,5-7H2,1-4H3. The Labute approximate surface area is 107 Å². The van der Waals surface area contributed by atoms with Crippen LogP contribution in [0.1, 0.15) is 44.8 Å². The molecular weight excluding hydrogens is 240 g/mol. The van der Waals surface area contributed by atoms with Crippen LogP contribution in [-0.2, 0) is 12.0 Å². The van der Waals surface area contributed by atoms with Gasteiger partial charge in [-0.3, -0.25) is 0 Å². The maximum Gasteiger partial charge on any atom is 0.107 e. The van der Waals surface area contributed by atoms with Crippen LogP contribution in [0.2, 0.25) is 0 Å². The van der Waals surface area contributed by atoms with E-state index < -0.39 is 0 Å². The minimum absolute atomic E-state index is 0.146. The zero-order valence-electron chi connectivity index (χ0n) is 10.5. The first-order chi connectivity index (χ1) is 7.43. The quantitative estimate of drug-likeness (QED) is 0.819. The van der Waals surface area contributed by atoms with Gasteiger partial charge in [-0.2, -0.15) is 0 Å². The molecule has 0 saturated carbocycles. The lowest BCUT2D eigenvalue weighted by atomic mass is 9.93. The molecule has 0 radical (unpaired) electrons. The summed E-state index contributed by atoms with van der Waals surface area (Å²) in [4.78, 5) is 4.62. The number of nitrogens with one attached hydrogen (secondary N) is 1. The van der Waals surface area contributed by atoms with Crippen LogP contribution >= 0.6 is 22.9 Å². The highest BCUT2D eigenvalue weighted by atomic mass is 35.5. The highest BCUT2D eigenvalue weighted by molar-refractivity contribution is 7.09. The Kier molecular flexibility index (Phi) is 5.22. The van der Waals surface area contributed by atoms with Crippen molar-refractivity contribution in [2.45, 2.75) is 51.5 Å². The number of aromatic nitrogens is 1. The highest BCUT2D eigenvalue weighted by Crippen LogP contribution is 2.23. The number of thiazole rings is 1. The largest absolute Gasteiger partial charge is 0.309 e. The molecule has 0 spiro atoms. The van der Waals surface area contributed by atoms with Crippen molar-refractivity contribution < 1.29 is 0 Å². The fourth-order valence-electron chi connectivity index (χ4n) is 1.22. The zero-order valence-corrected chi connectivity index (χ0v) is 12.1. The van der Waals surface area contributed by atoms with Crippen LogP contribution in [0.15, 0.2) is 5.38 Å². The lowest BCUT2D eigenvalue weighted by molar-refractivity contribution is 0.567. The summed E-state index contributed by atoms with van der Waals surface area (Å²) in [6, 6.07) is 0. The summed E-state index contributed by atoms with van der Waals surface area (Å²) in [7, 11) is 0. The summed E-state index contributed by atoms with van der Waals surface area (Å²) in [6.45, 7) is 10.3. The smallest absolute Gasteiger partial charge is 0.107 e. The maximum absolute atomic E-state index is 6.03. The van der Waals surface area contributed by atoms with Crippen molar-refractivity contribution in [3.05, 3.63) is 16.1 Å². The van der Waals surface area contributed by atoms with Gasteiger partial charge < -0.3 is 5.32 Å². The van der Waals surface area contributed by atoms with Crippen molar-refractivity contribution >= 4 is 22.9 Å². The lowest BCUT2D eigenvalue weighted by Gasteiger charge is -2.14. The number of hydrogen-bond acceptors (Lipinski definition) is 3. The van der Waals surface area contributed by atoms with Crippen molar-refractivity contribution in [2.24, 2.45) is 0 Å². The van der Waals surface area contributed by atoms with Crippen molar-refractivity contribution in [3.8, 4) is 0 Å². The van der Waals surface area contributed by atoms with E-state index in [1.807, 2.05) is 0 Å². The fourth-order valence-corrected chi connectivity index (χ4v) is 2.32. The van der Waals surface area contributed by atoms with Gasteiger partial charge in [0, 0.05) is 29.3 Å². The van der Waals surface area contributed by atoms with E-state index in [2.05, 4.69) is 43.4 Å². The van der Waals surface area contributed by atoms with E-state index in [4.69, 9.17) is 11.6 Å². The molecular formula is C12H21ClN2S. The third-order valence-corrected chi connectivity index (χ3v) is 3.72. The number of alkyl halides is 1. The van der Waals surface area contributed by atoms with E-state index >= 15 is 0 Å². The fraction of sp³-hybridized carbons (Fsp3) is 0.750. The maximum atomic E-state index is 6.03. The SMILES string of the molecule is CCC(Cl)CNCc1nc(C(C)(C)C)cs1. The average molecular weight is 261 g/mol. The van der Waals surface area contributed by atoms with Gasteiger partial charge in [0.15, 0.2) is 0 Å². The Balaban J connectivity index is 2.41. The van der Waals surface area contributed by atoms with Crippen LogP contribution in [0, 0.1) is 0 Å². The normalized spacial score (nSPS) is 14.1. The molecule has 2 nitrogen and oxygen atoms in total. The van der Waals surface area contributed by atoms with Gasteiger partial charge in [0.25, 0.3) is 0 Å². The van der Waals surface area contributed by atoms with E-state index in [1.54, 1.807) is 11.3 Å². The Bertz CT molecular complexity index is 317. The second-order valence-corrected chi connectivity index (χ2v) is 6.57. The van der Waals surface area contributed by atoms with Gasteiger partial charge in [-0.15, -0.1) is 22.9 Å². The summed E-state index contributed by atoms with van der Waals surface area (Å²) in [6.07, 6.45) is 1.000. The number of halogens is 1. The summed E-state index contributed by atoms with van der Waals surface area (Å²) in [5, 5.41) is 6.85. The van der Waals surface area contributed by atoms with Gasteiger partial charge in [0.1, 0.15) is 5.01 Å². The number of nitrogens with zero attached hydrogens (tertiary/aromatic N) is 1. The molecule has 1 atom stereocenters. The van der Waals surface area contributed by atoms with E-state index in [-0.39, 0.29) is 10.8 Å². The molecule has 0 amide bonds. The number of rotatable bonds is 5. The van der Waals surface area contributed by atoms with Crippen LogP contribution in [-0.4, -0.2) is 16.9 Å². The van der Waals surface area contributed by atoms with Crippen LogP contribution in [0.25, 0.3) is 0 Å². The Hall–Kier alpha value is -0.120. The minimum atomic E-state index is 0.146. The summed E-state index contributed by atoms with van der Waals surface area (Å²) < 4.78 is 0.